The smallest absolute Gasteiger partial charge is 0.269 e. The molecule has 1 saturated heterocycles. The maximum absolute atomic E-state index is 12.0. The average molecular weight is 389 g/mol. The molecule has 0 spiro atoms. The van der Waals surface area contributed by atoms with Crippen LogP contribution >= 0.6 is 0 Å². The van der Waals surface area contributed by atoms with Gasteiger partial charge < -0.3 is 10.1 Å². The molecule has 1 N–H and O–H groups in total. The van der Waals surface area contributed by atoms with Gasteiger partial charge in [-0.25, -0.2) is 0 Å². The van der Waals surface area contributed by atoms with Crippen molar-refractivity contribution in [2.75, 3.05) is 32.8 Å². The zero-order valence-corrected chi connectivity index (χ0v) is 16.2. The Morgan fingerprint density at radius 3 is 2.72 bits per heavy atom. The molecule has 7 heteroatoms. The van der Waals surface area contributed by atoms with E-state index in [9.17, 15) is 4.79 Å². The Bertz CT molecular complexity index is 1040. The van der Waals surface area contributed by atoms with Crippen LogP contribution in [0.5, 0.6) is 0 Å². The number of rotatable bonds is 4. The van der Waals surface area contributed by atoms with Crippen molar-refractivity contribution in [3.05, 3.63) is 59.9 Å². The zero-order valence-electron chi connectivity index (χ0n) is 16.2. The summed E-state index contributed by atoms with van der Waals surface area (Å²) >= 11 is 0. The maximum atomic E-state index is 12.0. The van der Waals surface area contributed by atoms with Gasteiger partial charge in [0.15, 0.2) is 0 Å². The molecule has 2 aromatic heterocycles. The summed E-state index contributed by atoms with van der Waals surface area (Å²) in [4.78, 5) is 19.0. The van der Waals surface area contributed by atoms with E-state index in [1.165, 1.54) is 5.56 Å². The van der Waals surface area contributed by atoms with E-state index in [4.69, 9.17) is 4.74 Å². The van der Waals surface area contributed by atoms with Crippen LogP contribution < -0.4 is 5.32 Å². The largest absolute Gasteiger partial charge is 0.379 e. The lowest BCUT2D eigenvalue weighted by Crippen LogP contribution is -2.35. The summed E-state index contributed by atoms with van der Waals surface area (Å²) in [5, 5.41) is 7.47. The van der Waals surface area contributed by atoms with Gasteiger partial charge in [-0.2, -0.15) is 5.10 Å². The maximum Gasteiger partial charge on any atom is 0.269 e. The summed E-state index contributed by atoms with van der Waals surface area (Å²) in [6.45, 7) is 5.77. The van der Waals surface area contributed by atoms with E-state index in [1.54, 1.807) is 10.9 Å². The van der Waals surface area contributed by atoms with Gasteiger partial charge in [-0.1, -0.05) is 18.2 Å². The van der Waals surface area contributed by atoms with Gasteiger partial charge in [0.2, 0.25) is 0 Å². The fraction of sp³-hybridized carbons (Fsp3) is 0.318. The SMILES string of the molecule is O=C1NCCn2nc(-c3ccnc(-c4cccc(CN5CCOCC5)c4)c3)cc21. The predicted octanol–water partition coefficient (Wildman–Crippen LogP) is 2.19. The summed E-state index contributed by atoms with van der Waals surface area (Å²) in [7, 11) is 0. The average Bonchev–Trinajstić information content (AvgIpc) is 3.21. The molecule has 4 heterocycles. The molecule has 2 aliphatic rings. The molecular weight excluding hydrogens is 366 g/mol. The van der Waals surface area contributed by atoms with E-state index in [-0.39, 0.29) is 5.91 Å². The Balaban J connectivity index is 1.41. The lowest BCUT2D eigenvalue weighted by molar-refractivity contribution is 0.0342. The minimum Gasteiger partial charge on any atom is -0.379 e. The van der Waals surface area contributed by atoms with Gasteiger partial charge >= 0.3 is 0 Å². The minimum atomic E-state index is -0.0694. The second kappa shape index (κ2) is 7.77. The summed E-state index contributed by atoms with van der Waals surface area (Å²) < 4.78 is 7.21. The van der Waals surface area contributed by atoms with Gasteiger partial charge in [-0.15, -0.1) is 0 Å². The zero-order chi connectivity index (χ0) is 19.6. The van der Waals surface area contributed by atoms with Crippen LogP contribution in [0.4, 0.5) is 0 Å². The predicted molar refractivity (Wildman–Crippen MR) is 109 cm³/mol. The fourth-order valence-electron chi connectivity index (χ4n) is 3.87. The highest BCUT2D eigenvalue weighted by Gasteiger charge is 2.20. The first kappa shape index (κ1) is 18.0. The molecule has 1 aromatic carbocycles. The molecular formula is C22H23N5O2. The Kier molecular flexibility index (Phi) is 4.83. The van der Waals surface area contributed by atoms with Crippen molar-refractivity contribution in [2.24, 2.45) is 0 Å². The quantitative estimate of drug-likeness (QED) is 0.741. The van der Waals surface area contributed by atoms with Crippen LogP contribution in [-0.2, 0) is 17.8 Å². The number of pyridine rings is 1. The Hall–Kier alpha value is -3.03. The first-order chi connectivity index (χ1) is 14.3. The second-order valence-corrected chi connectivity index (χ2v) is 7.41. The number of carbonyl (C=O) groups excluding carboxylic acids is 1. The lowest BCUT2D eigenvalue weighted by atomic mass is 10.0. The topological polar surface area (TPSA) is 72.3 Å². The standard InChI is InChI=1S/C22H23N5O2/c28-22-21-14-20(25-27(21)7-6-24-22)18-4-5-23-19(13-18)17-3-1-2-16(12-17)15-26-8-10-29-11-9-26/h1-5,12-14H,6-11,15H2,(H,24,28). The second-order valence-electron chi connectivity index (χ2n) is 7.41. The van der Waals surface area contributed by atoms with Crippen molar-refractivity contribution in [3.8, 4) is 22.5 Å². The van der Waals surface area contributed by atoms with E-state index < -0.39 is 0 Å². The molecule has 0 bridgehead atoms. The third kappa shape index (κ3) is 3.79. The van der Waals surface area contributed by atoms with Gasteiger partial charge in [0, 0.05) is 43.5 Å². The normalized spacial score (nSPS) is 17.0. The van der Waals surface area contributed by atoms with E-state index in [1.807, 2.05) is 18.2 Å². The molecule has 1 fully saturated rings. The number of amides is 1. The Labute approximate surface area is 169 Å². The number of fused-ring (bicyclic) bond motifs is 1. The monoisotopic (exact) mass is 389 g/mol. The van der Waals surface area contributed by atoms with Crippen LogP contribution in [0.1, 0.15) is 16.1 Å². The van der Waals surface area contributed by atoms with Crippen molar-refractivity contribution in [1.82, 2.24) is 25.0 Å². The number of nitrogens with zero attached hydrogens (tertiary/aromatic N) is 4. The first-order valence-corrected chi connectivity index (χ1v) is 9.98. The molecule has 5 rings (SSSR count). The van der Waals surface area contributed by atoms with Crippen LogP contribution in [0.2, 0.25) is 0 Å². The van der Waals surface area contributed by atoms with E-state index in [0.29, 0.717) is 18.8 Å². The lowest BCUT2D eigenvalue weighted by Gasteiger charge is -2.26. The summed E-state index contributed by atoms with van der Waals surface area (Å²) in [6.07, 6.45) is 1.80. The molecule has 148 valence electrons. The highest BCUT2D eigenvalue weighted by atomic mass is 16.5. The van der Waals surface area contributed by atoms with E-state index in [0.717, 1.165) is 55.4 Å². The number of hydrogen-bond acceptors (Lipinski definition) is 5. The molecule has 3 aromatic rings. The molecule has 0 atom stereocenters. The van der Waals surface area contributed by atoms with Crippen LogP contribution in [0, 0.1) is 0 Å². The summed E-state index contributed by atoms with van der Waals surface area (Å²) in [5.41, 5.74) is 5.62. The van der Waals surface area contributed by atoms with Crippen LogP contribution in [0.25, 0.3) is 22.5 Å². The number of morpholine rings is 1. The van der Waals surface area contributed by atoms with Gasteiger partial charge in [-0.05, 0) is 29.8 Å². The van der Waals surface area contributed by atoms with E-state index in [2.05, 4.69) is 44.6 Å². The molecule has 0 aliphatic carbocycles. The van der Waals surface area contributed by atoms with Crippen molar-refractivity contribution in [1.29, 1.82) is 0 Å². The molecule has 1 amide bonds. The van der Waals surface area contributed by atoms with Crippen molar-refractivity contribution in [3.63, 3.8) is 0 Å². The minimum absolute atomic E-state index is 0.0694. The Morgan fingerprint density at radius 1 is 1.00 bits per heavy atom. The molecule has 7 nitrogen and oxygen atoms in total. The fourth-order valence-corrected chi connectivity index (χ4v) is 3.87. The number of nitrogens with one attached hydrogen (secondary N) is 1. The van der Waals surface area contributed by atoms with Gasteiger partial charge in [0.05, 0.1) is 31.1 Å². The number of carbonyl (C=O) groups is 1. The summed E-state index contributed by atoms with van der Waals surface area (Å²) in [6, 6.07) is 14.4. The van der Waals surface area contributed by atoms with Crippen molar-refractivity contribution < 1.29 is 9.53 Å². The number of aromatic nitrogens is 3. The Morgan fingerprint density at radius 2 is 1.86 bits per heavy atom. The number of benzene rings is 1. The molecule has 0 saturated carbocycles. The molecule has 29 heavy (non-hydrogen) atoms. The summed E-state index contributed by atoms with van der Waals surface area (Å²) in [5.74, 6) is -0.0694. The van der Waals surface area contributed by atoms with Crippen LogP contribution in [0.3, 0.4) is 0 Å². The van der Waals surface area contributed by atoms with Crippen molar-refractivity contribution in [2.45, 2.75) is 13.1 Å². The van der Waals surface area contributed by atoms with Gasteiger partial charge in [0.25, 0.3) is 5.91 Å². The molecule has 0 unspecified atom stereocenters. The third-order valence-electron chi connectivity index (χ3n) is 5.41. The molecule has 2 aliphatic heterocycles. The number of hydrogen-bond donors (Lipinski definition) is 1. The van der Waals surface area contributed by atoms with Gasteiger partial charge in [-0.3, -0.25) is 19.4 Å². The van der Waals surface area contributed by atoms with Crippen LogP contribution in [0.15, 0.2) is 48.7 Å². The third-order valence-corrected chi connectivity index (χ3v) is 5.41. The van der Waals surface area contributed by atoms with E-state index >= 15 is 0 Å². The number of ether oxygens (including phenoxy) is 1. The van der Waals surface area contributed by atoms with Crippen molar-refractivity contribution >= 4 is 5.91 Å². The van der Waals surface area contributed by atoms with Gasteiger partial charge in [0.1, 0.15) is 5.69 Å². The first-order valence-electron chi connectivity index (χ1n) is 9.98. The van der Waals surface area contributed by atoms with Crippen LogP contribution in [-0.4, -0.2) is 58.4 Å². The highest BCUT2D eigenvalue weighted by molar-refractivity contribution is 5.94. The highest BCUT2D eigenvalue weighted by Crippen LogP contribution is 2.26. The molecule has 0 radical (unpaired) electrons.